The van der Waals surface area contributed by atoms with Gasteiger partial charge in [0.25, 0.3) is 5.91 Å². The summed E-state index contributed by atoms with van der Waals surface area (Å²) >= 11 is 0. The second-order valence-corrected chi connectivity index (χ2v) is 8.78. The maximum absolute atomic E-state index is 13.2. The summed E-state index contributed by atoms with van der Waals surface area (Å²) in [6.07, 6.45) is 2.67. The molecule has 2 N–H and O–H groups in total. The molecule has 1 amide bonds. The van der Waals surface area contributed by atoms with Gasteiger partial charge in [0.1, 0.15) is 11.2 Å². The number of hydrogen-bond donors (Lipinski definition) is 2. The predicted octanol–water partition coefficient (Wildman–Crippen LogP) is 3.64. The Bertz CT molecular complexity index is 1170. The number of nitrogens with one attached hydrogen (secondary N) is 1. The fourth-order valence-corrected chi connectivity index (χ4v) is 4.13. The first-order valence-corrected chi connectivity index (χ1v) is 11.1. The fourth-order valence-electron chi connectivity index (χ4n) is 4.13. The average Bonchev–Trinajstić information content (AvgIpc) is 3.43. The van der Waals surface area contributed by atoms with Gasteiger partial charge in [-0.2, -0.15) is 13.2 Å². The largest absolute Gasteiger partial charge is 0.489 e. The van der Waals surface area contributed by atoms with Gasteiger partial charge in [0.05, 0.1) is 18.9 Å². The Morgan fingerprint density at radius 1 is 1.26 bits per heavy atom. The molecule has 1 saturated carbocycles. The summed E-state index contributed by atoms with van der Waals surface area (Å²) in [5, 5.41) is 18.7. The molecule has 12 heteroatoms. The summed E-state index contributed by atoms with van der Waals surface area (Å²) in [4.78, 5) is 17.7. The minimum atomic E-state index is -4.85. The Labute approximate surface area is 193 Å². The molecule has 3 aromatic heterocycles. The van der Waals surface area contributed by atoms with Crippen molar-refractivity contribution in [3.05, 3.63) is 41.5 Å². The molecule has 0 radical (unpaired) electrons. The molecule has 1 atom stereocenters. The summed E-state index contributed by atoms with van der Waals surface area (Å²) in [6, 6.07) is 3.50. The van der Waals surface area contributed by atoms with E-state index in [-0.39, 0.29) is 5.69 Å². The first-order chi connectivity index (χ1) is 16.1. The number of amides is 1. The van der Waals surface area contributed by atoms with E-state index in [4.69, 9.17) is 4.74 Å². The van der Waals surface area contributed by atoms with Crippen molar-refractivity contribution in [1.29, 1.82) is 0 Å². The minimum Gasteiger partial charge on any atom is -0.489 e. The minimum absolute atomic E-state index is 0.147. The molecule has 1 unspecified atom stereocenters. The number of aromatic nitrogens is 4. The van der Waals surface area contributed by atoms with Crippen LogP contribution >= 0.6 is 0 Å². The standard InChI is InChI=1S/C22H26F3N5O4/c1-13-16(18(32)27-21(2,12-31)19-28-29-20(34-19)22(23,24)25)30-10-6-9-15(17(30)26-13)33-11-14-7-4-3-5-8-14/h6,9-10,14,31H,3-5,7-8,11-12H2,1-2H3,(H,27,32). The van der Waals surface area contributed by atoms with E-state index in [1.54, 1.807) is 29.7 Å². The zero-order chi connectivity index (χ0) is 24.5. The highest BCUT2D eigenvalue weighted by Gasteiger charge is 2.42. The molecule has 1 fully saturated rings. The van der Waals surface area contributed by atoms with Gasteiger partial charge in [-0.25, -0.2) is 4.98 Å². The lowest BCUT2D eigenvalue weighted by Crippen LogP contribution is -2.47. The van der Waals surface area contributed by atoms with E-state index in [2.05, 4.69) is 24.9 Å². The normalized spacial score (nSPS) is 17.0. The van der Waals surface area contributed by atoms with Gasteiger partial charge in [-0.15, -0.1) is 10.2 Å². The van der Waals surface area contributed by atoms with E-state index < -0.39 is 36.0 Å². The molecule has 0 aromatic carbocycles. The third-order valence-corrected chi connectivity index (χ3v) is 6.05. The van der Waals surface area contributed by atoms with Crippen molar-refractivity contribution in [1.82, 2.24) is 24.9 Å². The van der Waals surface area contributed by atoms with Gasteiger partial charge in [-0.3, -0.25) is 9.20 Å². The van der Waals surface area contributed by atoms with Gasteiger partial charge in [0.2, 0.25) is 5.89 Å². The quantitative estimate of drug-likeness (QED) is 0.529. The van der Waals surface area contributed by atoms with Crippen LogP contribution in [0.4, 0.5) is 13.2 Å². The Hall–Kier alpha value is -3.15. The van der Waals surface area contributed by atoms with Gasteiger partial charge in [0.15, 0.2) is 11.4 Å². The van der Waals surface area contributed by atoms with Crippen LogP contribution in [0, 0.1) is 12.8 Å². The van der Waals surface area contributed by atoms with Crippen LogP contribution < -0.4 is 10.1 Å². The highest BCUT2D eigenvalue weighted by molar-refractivity contribution is 5.95. The van der Waals surface area contributed by atoms with Gasteiger partial charge >= 0.3 is 12.1 Å². The first kappa shape index (κ1) is 24.0. The second-order valence-electron chi connectivity index (χ2n) is 8.78. The van der Waals surface area contributed by atoms with E-state index in [9.17, 15) is 23.1 Å². The highest BCUT2D eigenvalue weighted by atomic mass is 19.4. The summed E-state index contributed by atoms with van der Waals surface area (Å²) in [7, 11) is 0. The van der Waals surface area contributed by atoms with E-state index in [1.807, 2.05) is 0 Å². The number of alkyl halides is 3. The average molecular weight is 481 g/mol. The fraction of sp³-hybridized carbons (Fsp3) is 0.545. The molecule has 1 aliphatic carbocycles. The lowest BCUT2D eigenvalue weighted by atomic mass is 9.90. The molecule has 0 bridgehead atoms. The Kier molecular flexibility index (Phi) is 6.52. The molecule has 0 spiro atoms. The SMILES string of the molecule is Cc1nc2c(OCC3CCCCC3)cccn2c1C(=O)NC(C)(CO)c1nnc(C(F)(F)F)o1. The van der Waals surface area contributed by atoms with E-state index >= 15 is 0 Å². The van der Waals surface area contributed by atoms with E-state index in [0.29, 0.717) is 29.6 Å². The topological polar surface area (TPSA) is 115 Å². The number of aryl methyl sites for hydroxylation is 1. The van der Waals surface area contributed by atoms with Crippen LogP contribution in [0.2, 0.25) is 0 Å². The molecule has 3 heterocycles. The van der Waals surface area contributed by atoms with Crippen LogP contribution in [0.5, 0.6) is 5.75 Å². The Morgan fingerprint density at radius 3 is 2.62 bits per heavy atom. The van der Waals surface area contributed by atoms with Crippen LogP contribution in [0.15, 0.2) is 22.7 Å². The predicted molar refractivity (Wildman–Crippen MR) is 113 cm³/mol. The zero-order valence-electron chi connectivity index (χ0n) is 18.9. The number of hydrogen-bond acceptors (Lipinski definition) is 7. The van der Waals surface area contributed by atoms with Crippen molar-refractivity contribution in [2.24, 2.45) is 5.92 Å². The number of ether oxygens (including phenoxy) is 1. The van der Waals surface area contributed by atoms with Gasteiger partial charge in [-0.05, 0) is 44.7 Å². The number of rotatable bonds is 7. The summed E-state index contributed by atoms with van der Waals surface area (Å²) < 4.78 is 50.8. The molecular formula is C22H26F3N5O4. The molecular weight excluding hydrogens is 455 g/mol. The number of carbonyl (C=O) groups is 1. The third-order valence-electron chi connectivity index (χ3n) is 6.05. The number of pyridine rings is 1. The van der Waals surface area contributed by atoms with Crippen LogP contribution in [-0.4, -0.2) is 43.8 Å². The van der Waals surface area contributed by atoms with Crippen LogP contribution in [0.1, 0.15) is 67.0 Å². The number of fused-ring (bicyclic) bond motifs is 1. The smallest absolute Gasteiger partial charge is 0.470 e. The van der Waals surface area contributed by atoms with Crippen molar-refractivity contribution >= 4 is 11.6 Å². The maximum atomic E-state index is 13.2. The number of halogens is 3. The lowest BCUT2D eigenvalue weighted by Gasteiger charge is -2.24. The van der Waals surface area contributed by atoms with E-state index in [0.717, 1.165) is 12.8 Å². The van der Waals surface area contributed by atoms with Crippen molar-refractivity contribution in [2.75, 3.05) is 13.2 Å². The Balaban J connectivity index is 1.58. The number of aliphatic hydroxyl groups excluding tert-OH is 1. The molecule has 1 aliphatic rings. The highest BCUT2D eigenvalue weighted by Crippen LogP contribution is 2.31. The van der Waals surface area contributed by atoms with E-state index in [1.165, 1.54) is 26.2 Å². The monoisotopic (exact) mass is 481 g/mol. The van der Waals surface area contributed by atoms with Gasteiger partial charge in [0, 0.05) is 6.20 Å². The van der Waals surface area contributed by atoms with Gasteiger partial charge in [-0.1, -0.05) is 19.3 Å². The van der Waals surface area contributed by atoms with Gasteiger partial charge < -0.3 is 19.6 Å². The molecule has 9 nitrogen and oxygen atoms in total. The molecule has 184 valence electrons. The summed E-state index contributed by atoms with van der Waals surface area (Å²) in [5.41, 5.74) is -0.774. The molecule has 0 aliphatic heterocycles. The second kappa shape index (κ2) is 9.24. The molecule has 0 saturated heterocycles. The number of aliphatic hydroxyl groups is 1. The van der Waals surface area contributed by atoms with Crippen molar-refractivity contribution in [3.63, 3.8) is 0 Å². The van der Waals surface area contributed by atoms with Crippen LogP contribution in [0.3, 0.4) is 0 Å². The van der Waals surface area contributed by atoms with Crippen LogP contribution in [0.25, 0.3) is 5.65 Å². The third kappa shape index (κ3) is 4.72. The van der Waals surface area contributed by atoms with Crippen LogP contribution in [-0.2, 0) is 11.7 Å². The van der Waals surface area contributed by atoms with Crippen molar-refractivity contribution in [3.8, 4) is 5.75 Å². The number of nitrogens with zero attached hydrogens (tertiary/aromatic N) is 4. The summed E-state index contributed by atoms with van der Waals surface area (Å²) in [6.45, 7) is 2.71. The Morgan fingerprint density at radius 2 is 1.97 bits per heavy atom. The zero-order valence-corrected chi connectivity index (χ0v) is 18.9. The number of carbonyl (C=O) groups excluding carboxylic acids is 1. The molecule has 3 aromatic rings. The number of imidazole rings is 1. The maximum Gasteiger partial charge on any atom is 0.470 e. The molecule has 4 rings (SSSR count). The lowest BCUT2D eigenvalue weighted by molar-refractivity contribution is -0.158. The van der Waals surface area contributed by atoms with Crippen molar-refractivity contribution < 1.29 is 32.2 Å². The summed E-state index contributed by atoms with van der Waals surface area (Å²) in [5.74, 6) is -1.81. The van der Waals surface area contributed by atoms with Crippen molar-refractivity contribution in [2.45, 2.75) is 57.7 Å². The first-order valence-electron chi connectivity index (χ1n) is 11.1. The molecule has 34 heavy (non-hydrogen) atoms.